The largest absolute Gasteiger partial charge is 0.438 e. The van der Waals surface area contributed by atoms with Gasteiger partial charge < -0.3 is 9.73 Å². The molecule has 0 saturated heterocycles. The van der Waals surface area contributed by atoms with Crippen LogP contribution in [0.25, 0.3) is 11.1 Å². The van der Waals surface area contributed by atoms with E-state index in [2.05, 4.69) is 15.4 Å². The van der Waals surface area contributed by atoms with E-state index in [0.717, 1.165) is 28.1 Å². The predicted molar refractivity (Wildman–Crippen MR) is 91.6 cm³/mol. The molecule has 0 radical (unpaired) electrons. The van der Waals surface area contributed by atoms with E-state index in [1.54, 1.807) is 0 Å². The first kappa shape index (κ1) is 16.2. The van der Waals surface area contributed by atoms with E-state index in [-0.39, 0.29) is 11.9 Å². The number of oxazole rings is 1. The zero-order valence-corrected chi connectivity index (χ0v) is 14.5. The molecule has 6 heteroatoms. The average Bonchev–Trinajstić information content (AvgIpc) is 3.08. The number of fused-ring (bicyclic) bond motifs is 1. The van der Waals surface area contributed by atoms with E-state index in [1.807, 2.05) is 56.8 Å². The third kappa shape index (κ3) is 3.18. The number of hydrogen-bond donors (Lipinski definition) is 1. The van der Waals surface area contributed by atoms with Crippen molar-refractivity contribution >= 4 is 17.0 Å². The Morgan fingerprint density at radius 1 is 1.33 bits per heavy atom. The minimum Gasteiger partial charge on any atom is -0.438 e. The molecule has 1 N–H and O–H groups in total. The number of benzene rings is 1. The van der Waals surface area contributed by atoms with Gasteiger partial charge in [-0.1, -0.05) is 12.1 Å². The van der Waals surface area contributed by atoms with Crippen molar-refractivity contribution in [2.45, 2.75) is 39.7 Å². The maximum absolute atomic E-state index is 12.2. The van der Waals surface area contributed by atoms with E-state index in [9.17, 15) is 4.79 Å². The van der Waals surface area contributed by atoms with Crippen molar-refractivity contribution < 1.29 is 9.21 Å². The van der Waals surface area contributed by atoms with Crippen LogP contribution in [0.1, 0.15) is 42.2 Å². The molecule has 1 atom stereocenters. The Bertz CT molecular complexity index is 845. The third-order valence-electron chi connectivity index (χ3n) is 4.32. The summed E-state index contributed by atoms with van der Waals surface area (Å²) in [6.07, 6.45) is 1.09. The second-order valence-corrected chi connectivity index (χ2v) is 6.08. The summed E-state index contributed by atoms with van der Waals surface area (Å²) in [5.74, 6) is 0.505. The van der Waals surface area contributed by atoms with Crippen LogP contribution in [0.3, 0.4) is 0 Å². The first-order chi connectivity index (χ1) is 11.5. The smallest absolute Gasteiger partial charge is 0.220 e. The molecule has 2 aromatic heterocycles. The molecule has 126 valence electrons. The highest BCUT2D eigenvalue weighted by molar-refractivity contribution is 5.77. The molecule has 0 aliphatic heterocycles. The van der Waals surface area contributed by atoms with Crippen molar-refractivity contribution in [1.29, 1.82) is 0 Å². The van der Waals surface area contributed by atoms with E-state index < -0.39 is 0 Å². The monoisotopic (exact) mass is 326 g/mol. The summed E-state index contributed by atoms with van der Waals surface area (Å²) in [5.41, 5.74) is 4.76. The molecule has 3 aromatic rings. The van der Waals surface area contributed by atoms with Gasteiger partial charge in [0.15, 0.2) is 5.58 Å². The van der Waals surface area contributed by atoms with Crippen molar-refractivity contribution in [3.05, 3.63) is 47.1 Å². The van der Waals surface area contributed by atoms with Gasteiger partial charge in [0.1, 0.15) is 11.6 Å². The molecule has 0 bridgehead atoms. The molecule has 6 nitrogen and oxygen atoms in total. The fourth-order valence-electron chi connectivity index (χ4n) is 2.87. The molecule has 1 unspecified atom stereocenters. The molecule has 1 aromatic carbocycles. The number of carbonyl (C=O) groups is 1. The van der Waals surface area contributed by atoms with Crippen LogP contribution in [-0.4, -0.2) is 20.7 Å². The topological polar surface area (TPSA) is 73.0 Å². The van der Waals surface area contributed by atoms with Crippen LogP contribution in [0, 0.1) is 13.8 Å². The van der Waals surface area contributed by atoms with Crippen LogP contribution in [0.4, 0.5) is 0 Å². The number of carbonyl (C=O) groups excluding carboxylic acids is 1. The third-order valence-corrected chi connectivity index (χ3v) is 4.32. The van der Waals surface area contributed by atoms with Crippen LogP contribution in [0.5, 0.6) is 0 Å². The number of nitrogens with one attached hydrogen (secondary N) is 1. The number of nitrogens with zero attached hydrogens (tertiary/aromatic N) is 3. The van der Waals surface area contributed by atoms with Gasteiger partial charge in [0, 0.05) is 19.2 Å². The van der Waals surface area contributed by atoms with Crippen LogP contribution < -0.4 is 5.32 Å². The van der Waals surface area contributed by atoms with Crippen molar-refractivity contribution in [2.75, 3.05) is 0 Å². The standard InChI is InChI=1S/C18H22N4O2/c1-11-14(13(3)22(4)21-11)9-10-17(23)19-12(2)18-20-15-7-5-6-8-16(15)24-18/h5-8,12H,9-10H2,1-4H3,(H,19,23). The normalized spacial score (nSPS) is 12.5. The fraction of sp³-hybridized carbons (Fsp3) is 0.389. The summed E-state index contributed by atoms with van der Waals surface area (Å²) < 4.78 is 7.55. The Labute approximate surface area is 140 Å². The Kier molecular flexibility index (Phi) is 4.38. The molecule has 2 heterocycles. The first-order valence-electron chi connectivity index (χ1n) is 8.09. The molecular formula is C18H22N4O2. The lowest BCUT2D eigenvalue weighted by atomic mass is 10.1. The van der Waals surface area contributed by atoms with Gasteiger partial charge in [-0.25, -0.2) is 4.98 Å². The highest BCUT2D eigenvalue weighted by Gasteiger charge is 2.17. The number of amides is 1. The highest BCUT2D eigenvalue weighted by atomic mass is 16.3. The average molecular weight is 326 g/mol. The molecule has 24 heavy (non-hydrogen) atoms. The quantitative estimate of drug-likeness (QED) is 0.782. The van der Waals surface area contributed by atoms with E-state index in [0.29, 0.717) is 18.7 Å². The predicted octanol–water partition coefficient (Wildman–Crippen LogP) is 2.99. The molecule has 0 fully saturated rings. The highest BCUT2D eigenvalue weighted by Crippen LogP contribution is 2.20. The SMILES string of the molecule is Cc1nn(C)c(C)c1CCC(=O)NC(C)c1nc2ccccc2o1. The molecule has 0 aliphatic rings. The number of aryl methyl sites for hydroxylation is 2. The Balaban J connectivity index is 1.61. The van der Waals surface area contributed by atoms with E-state index >= 15 is 0 Å². The zero-order valence-electron chi connectivity index (χ0n) is 14.5. The Hall–Kier alpha value is -2.63. The van der Waals surface area contributed by atoms with Crippen molar-refractivity contribution in [1.82, 2.24) is 20.1 Å². The van der Waals surface area contributed by atoms with Crippen LogP contribution >= 0.6 is 0 Å². The number of para-hydroxylation sites is 2. The maximum Gasteiger partial charge on any atom is 0.220 e. The zero-order chi connectivity index (χ0) is 17.3. The van der Waals surface area contributed by atoms with Gasteiger partial charge in [-0.05, 0) is 44.9 Å². The minimum atomic E-state index is -0.263. The van der Waals surface area contributed by atoms with Crippen molar-refractivity contribution in [2.24, 2.45) is 7.05 Å². The first-order valence-corrected chi connectivity index (χ1v) is 8.09. The summed E-state index contributed by atoms with van der Waals surface area (Å²) in [7, 11) is 1.92. The van der Waals surface area contributed by atoms with E-state index in [4.69, 9.17) is 4.42 Å². The lowest BCUT2D eigenvalue weighted by molar-refractivity contribution is -0.121. The van der Waals surface area contributed by atoms with Gasteiger partial charge >= 0.3 is 0 Å². The molecule has 0 aliphatic carbocycles. The van der Waals surface area contributed by atoms with Crippen LogP contribution in [0.2, 0.25) is 0 Å². The maximum atomic E-state index is 12.2. The lowest BCUT2D eigenvalue weighted by Gasteiger charge is -2.10. The molecular weight excluding hydrogens is 304 g/mol. The van der Waals surface area contributed by atoms with Gasteiger partial charge in [-0.2, -0.15) is 5.10 Å². The molecule has 3 rings (SSSR count). The van der Waals surface area contributed by atoms with Gasteiger partial charge in [0.25, 0.3) is 0 Å². The molecule has 0 spiro atoms. The summed E-state index contributed by atoms with van der Waals surface area (Å²) >= 11 is 0. The Morgan fingerprint density at radius 3 is 2.75 bits per heavy atom. The summed E-state index contributed by atoms with van der Waals surface area (Å²) in [5, 5.41) is 7.33. The summed E-state index contributed by atoms with van der Waals surface area (Å²) in [4.78, 5) is 16.7. The molecule has 0 saturated carbocycles. The summed E-state index contributed by atoms with van der Waals surface area (Å²) in [6.45, 7) is 5.87. The fourth-order valence-corrected chi connectivity index (χ4v) is 2.87. The van der Waals surface area contributed by atoms with Gasteiger partial charge in [0.05, 0.1) is 5.69 Å². The minimum absolute atomic E-state index is 0.0209. The van der Waals surface area contributed by atoms with Gasteiger partial charge in [-0.3, -0.25) is 9.48 Å². The number of hydrogen-bond acceptors (Lipinski definition) is 4. The van der Waals surface area contributed by atoms with Crippen LogP contribution in [0.15, 0.2) is 28.7 Å². The van der Waals surface area contributed by atoms with Crippen molar-refractivity contribution in [3.63, 3.8) is 0 Å². The number of aromatic nitrogens is 3. The van der Waals surface area contributed by atoms with E-state index in [1.165, 1.54) is 0 Å². The second-order valence-electron chi connectivity index (χ2n) is 6.08. The summed E-state index contributed by atoms with van der Waals surface area (Å²) in [6, 6.07) is 7.32. The number of rotatable bonds is 5. The van der Waals surface area contributed by atoms with Gasteiger partial charge in [0.2, 0.25) is 11.8 Å². The van der Waals surface area contributed by atoms with Crippen LogP contribution in [-0.2, 0) is 18.3 Å². The second kappa shape index (κ2) is 6.47. The van der Waals surface area contributed by atoms with Gasteiger partial charge in [-0.15, -0.1) is 0 Å². The Morgan fingerprint density at radius 2 is 2.08 bits per heavy atom. The molecule has 1 amide bonds. The van der Waals surface area contributed by atoms with Crippen molar-refractivity contribution in [3.8, 4) is 0 Å². The lowest BCUT2D eigenvalue weighted by Crippen LogP contribution is -2.27.